The maximum absolute atomic E-state index is 11.1. The first kappa shape index (κ1) is 11.7. The highest BCUT2D eigenvalue weighted by Gasteiger charge is 2.23. The summed E-state index contributed by atoms with van der Waals surface area (Å²) >= 11 is 0. The normalized spacial score (nSPS) is 12.3. The van der Waals surface area contributed by atoms with E-state index in [2.05, 4.69) is 11.9 Å². The number of nitrogens with one attached hydrogen (secondary N) is 1. The first-order valence-corrected chi connectivity index (χ1v) is 4.05. The fourth-order valence-corrected chi connectivity index (χ4v) is 0.778. The lowest BCUT2D eigenvalue weighted by atomic mass is 10.0. The van der Waals surface area contributed by atoms with Crippen LogP contribution in [0.25, 0.3) is 0 Å². The van der Waals surface area contributed by atoms with Crippen molar-refractivity contribution in [1.29, 1.82) is 0 Å². The van der Waals surface area contributed by atoms with Gasteiger partial charge in [-0.15, -0.1) is 0 Å². The minimum Gasteiger partial charge on any atom is -0.480 e. The lowest BCUT2D eigenvalue weighted by molar-refractivity contribution is -0.142. The van der Waals surface area contributed by atoms with Crippen molar-refractivity contribution in [3.63, 3.8) is 0 Å². The lowest BCUT2D eigenvalue weighted by Crippen LogP contribution is -2.44. The number of hydrogen-bond donors (Lipinski definition) is 2. The zero-order valence-electron chi connectivity index (χ0n) is 8.13. The molecule has 0 bridgehead atoms. The molecule has 74 valence electrons. The van der Waals surface area contributed by atoms with Gasteiger partial charge in [-0.3, -0.25) is 4.79 Å². The summed E-state index contributed by atoms with van der Waals surface area (Å²) in [5, 5.41) is 11.1. The van der Waals surface area contributed by atoms with E-state index in [1.54, 1.807) is 13.8 Å². The molecule has 13 heavy (non-hydrogen) atoms. The molecule has 2 N–H and O–H groups in total. The second kappa shape index (κ2) is 4.64. The number of hydrogen-bond acceptors (Lipinski definition) is 2. The van der Waals surface area contributed by atoms with Crippen LogP contribution in [0, 0.1) is 5.92 Å². The molecule has 0 heterocycles. The summed E-state index contributed by atoms with van der Waals surface area (Å²) in [4.78, 5) is 21.7. The van der Waals surface area contributed by atoms with E-state index in [0.717, 1.165) is 0 Å². The van der Waals surface area contributed by atoms with Gasteiger partial charge < -0.3 is 10.4 Å². The van der Waals surface area contributed by atoms with Crippen LogP contribution in [0.15, 0.2) is 12.2 Å². The van der Waals surface area contributed by atoms with Crippen LogP contribution < -0.4 is 5.32 Å². The number of aliphatic carboxylic acids is 1. The topological polar surface area (TPSA) is 66.4 Å². The third-order valence-electron chi connectivity index (χ3n) is 1.61. The summed E-state index contributed by atoms with van der Waals surface area (Å²) in [7, 11) is 0. The third kappa shape index (κ3) is 3.73. The van der Waals surface area contributed by atoms with Crippen LogP contribution in [-0.4, -0.2) is 23.0 Å². The van der Waals surface area contributed by atoms with Crippen LogP contribution in [0.5, 0.6) is 0 Å². The highest BCUT2D eigenvalue weighted by molar-refractivity contribution is 5.94. The predicted octanol–water partition coefficient (Wildman–Crippen LogP) is 0.788. The molecule has 1 amide bonds. The molecular weight excluding hydrogens is 170 g/mol. The van der Waals surface area contributed by atoms with Crippen molar-refractivity contribution < 1.29 is 14.7 Å². The molecule has 0 aromatic carbocycles. The summed E-state index contributed by atoms with van der Waals surface area (Å²) < 4.78 is 0. The molecule has 0 saturated heterocycles. The Kier molecular flexibility index (Phi) is 4.17. The van der Waals surface area contributed by atoms with Crippen LogP contribution >= 0.6 is 0 Å². The Bertz CT molecular complexity index is 233. The second-order valence-electron chi connectivity index (χ2n) is 3.31. The quantitative estimate of drug-likeness (QED) is 0.636. The van der Waals surface area contributed by atoms with Gasteiger partial charge in [0, 0.05) is 5.57 Å². The van der Waals surface area contributed by atoms with E-state index < -0.39 is 17.9 Å². The van der Waals surface area contributed by atoms with Crippen molar-refractivity contribution in [2.45, 2.75) is 26.8 Å². The van der Waals surface area contributed by atoms with Crippen LogP contribution in [0.2, 0.25) is 0 Å². The van der Waals surface area contributed by atoms with E-state index >= 15 is 0 Å². The maximum atomic E-state index is 11.1. The molecule has 0 aromatic rings. The Balaban J connectivity index is 4.36. The maximum Gasteiger partial charge on any atom is 0.326 e. The fraction of sp³-hybridized carbons (Fsp3) is 0.556. The molecule has 0 aliphatic rings. The molecule has 4 nitrogen and oxygen atoms in total. The largest absolute Gasteiger partial charge is 0.480 e. The van der Waals surface area contributed by atoms with Gasteiger partial charge >= 0.3 is 5.97 Å². The molecule has 0 unspecified atom stereocenters. The van der Waals surface area contributed by atoms with Crippen LogP contribution in [-0.2, 0) is 9.59 Å². The average Bonchev–Trinajstić information content (AvgIpc) is 1.97. The lowest BCUT2D eigenvalue weighted by Gasteiger charge is -2.17. The van der Waals surface area contributed by atoms with Gasteiger partial charge in [0.1, 0.15) is 6.04 Å². The predicted molar refractivity (Wildman–Crippen MR) is 49.2 cm³/mol. The molecule has 4 heteroatoms. The molecule has 0 spiro atoms. The zero-order chi connectivity index (χ0) is 10.6. The second-order valence-corrected chi connectivity index (χ2v) is 3.31. The van der Waals surface area contributed by atoms with Gasteiger partial charge in [0.15, 0.2) is 0 Å². The van der Waals surface area contributed by atoms with E-state index in [-0.39, 0.29) is 5.92 Å². The van der Waals surface area contributed by atoms with Gasteiger partial charge in [-0.25, -0.2) is 4.79 Å². The van der Waals surface area contributed by atoms with Gasteiger partial charge in [-0.2, -0.15) is 0 Å². The number of carbonyl (C=O) groups excluding carboxylic acids is 1. The van der Waals surface area contributed by atoms with E-state index in [0.29, 0.717) is 5.57 Å². The van der Waals surface area contributed by atoms with Crippen molar-refractivity contribution >= 4 is 11.9 Å². The number of carboxylic acid groups (broad SMARTS) is 1. The Morgan fingerprint density at radius 1 is 1.38 bits per heavy atom. The smallest absolute Gasteiger partial charge is 0.326 e. The Labute approximate surface area is 77.6 Å². The monoisotopic (exact) mass is 185 g/mol. The van der Waals surface area contributed by atoms with Gasteiger partial charge in [0.05, 0.1) is 0 Å². The van der Waals surface area contributed by atoms with Crippen molar-refractivity contribution in [1.82, 2.24) is 5.32 Å². The van der Waals surface area contributed by atoms with Crippen molar-refractivity contribution in [2.24, 2.45) is 5.92 Å². The summed E-state index contributed by atoms with van der Waals surface area (Å²) in [6, 6.07) is -0.843. The summed E-state index contributed by atoms with van der Waals surface area (Å²) in [5.74, 6) is -1.58. The van der Waals surface area contributed by atoms with Crippen LogP contribution in [0.1, 0.15) is 20.8 Å². The van der Waals surface area contributed by atoms with Gasteiger partial charge in [0.2, 0.25) is 5.91 Å². The first-order valence-electron chi connectivity index (χ1n) is 4.05. The highest BCUT2D eigenvalue weighted by Crippen LogP contribution is 2.02. The van der Waals surface area contributed by atoms with Gasteiger partial charge in [-0.05, 0) is 12.8 Å². The van der Waals surface area contributed by atoms with Crippen molar-refractivity contribution in [3.8, 4) is 0 Å². The molecule has 1 atom stereocenters. The Morgan fingerprint density at radius 3 is 2.08 bits per heavy atom. The number of rotatable bonds is 4. The fourth-order valence-electron chi connectivity index (χ4n) is 0.778. The zero-order valence-corrected chi connectivity index (χ0v) is 8.13. The van der Waals surface area contributed by atoms with Gasteiger partial charge in [0.25, 0.3) is 0 Å². The standard InChI is InChI=1S/C9H15NO3/c1-5(2)7(9(12)13)10-8(11)6(3)4/h5,7H,3H2,1-2,4H3,(H,10,11)(H,12,13)/t7-/m1/s1. The minimum atomic E-state index is -1.02. The van der Waals surface area contributed by atoms with E-state index in [9.17, 15) is 9.59 Å². The summed E-state index contributed by atoms with van der Waals surface area (Å²) in [6.07, 6.45) is 0. The van der Waals surface area contributed by atoms with Crippen LogP contribution in [0.3, 0.4) is 0 Å². The molecule has 0 aliphatic heterocycles. The summed E-state index contributed by atoms with van der Waals surface area (Å²) in [5.41, 5.74) is 0.312. The van der Waals surface area contributed by atoms with Crippen molar-refractivity contribution in [2.75, 3.05) is 0 Å². The minimum absolute atomic E-state index is 0.138. The average molecular weight is 185 g/mol. The molecule has 0 saturated carbocycles. The summed E-state index contributed by atoms with van der Waals surface area (Å²) in [6.45, 7) is 8.43. The van der Waals surface area contributed by atoms with E-state index in [1.165, 1.54) is 6.92 Å². The van der Waals surface area contributed by atoms with E-state index in [1.807, 2.05) is 0 Å². The highest BCUT2D eigenvalue weighted by atomic mass is 16.4. The molecule has 0 fully saturated rings. The Hall–Kier alpha value is -1.32. The van der Waals surface area contributed by atoms with Crippen molar-refractivity contribution in [3.05, 3.63) is 12.2 Å². The number of amides is 1. The molecular formula is C9H15NO3. The number of carbonyl (C=O) groups is 2. The molecule has 0 aliphatic carbocycles. The van der Waals surface area contributed by atoms with Crippen LogP contribution in [0.4, 0.5) is 0 Å². The molecule has 0 aromatic heterocycles. The SMILES string of the molecule is C=C(C)C(=O)N[C@@H](C(=O)O)C(C)C. The third-order valence-corrected chi connectivity index (χ3v) is 1.61. The van der Waals surface area contributed by atoms with E-state index in [4.69, 9.17) is 5.11 Å². The number of carboxylic acids is 1. The Morgan fingerprint density at radius 2 is 1.85 bits per heavy atom. The molecule has 0 rings (SSSR count). The first-order chi connectivity index (χ1) is 5.86. The molecule has 0 radical (unpaired) electrons. The van der Waals surface area contributed by atoms with Gasteiger partial charge in [-0.1, -0.05) is 20.4 Å².